The summed E-state index contributed by atoms with van der Waals surface area (Å²) >= 11 is 0. The summed E-state index contributed by atoms with van der Waals surface area (Å²) in [4.78, 5) is 34.6. The predicted octanol–water partition coefficient (Wildman–Crippen LogP) is 2.57. The average molecular weight is 280 g/mol. The predicted molar refractivity (Wildman–Crippen MR) is 69.5 cm³/mol. The zero-order valence-corrected chi connectivity index (χ0v) is 11.4. The lowest BCUT2D eigenvalue weighted by molar-refractivity contribution is 0.0373. The summed E-state index contributed by atoms with van der Waals surface area (Å²) in [5.41, 5.74) is -0.0202. The van der Waals surface area contributed by atoms with Crippen molar-refractivity contribution in [3.8, 4) is 0 Å². The first kappa shape index (κ1) is 15.7. The highest BCUT2D eigenvalue weighted by molar-refractivity contribution is 6.05. The van der Waals surface area contributed by atoms with Gasteiger partial charge in [0.1, 0.15) is 0 Å². The largest absolute Gasteiger partial charge is 0.516 e. The van der Waals surface area contributed by atoms with E-state index in [9.17, 15) is 14.4 Å². The molecule has 0 saturated heterocycles. The maximum Gasteiger partial charge on any atom is 0.516 e. The quantitative estimate of drug-likeness (QED) is 0.468. The van der Waals surface area contributed by atoms with Gasteiger partial charge in [-0.2, -0.15) is 0 Å². The first-order chi connectivity index (χ1) is 9.60. The minimum atomic E-state index is -1.08. The number of benzene rings is 1. The topological polar surface area (TPSA) is 78.9 Å². The van der Waals surface area contributed by atoms with E-state index in [-0.39, 0.29) is 17.7 Å². The number of ether oxygens (including phenoxy) is 3. The van der Waals surface area contributed by atoms with Crippen LogP contribution in [-0.4, -0.2) is 31.8 Å². The van der Waals surface area contributed by atoms with Crippen LogP contribution in [0.15, 0.2) is 24.3 Å². The third-order valence-corrected chi connectivity index (χ3v) is 2.45. The SMILES string of the molecule is CCCCOC(=O)OC(=O)c1ccccc1C(=O)OC. The Labute approximate surface area is 116 Å². The minimum Gasteiger partial charge on any atom is -0.465 e. The van der Waals surface area contributed by atoms with E-state index >= 15 is 0 Å². The van der Waals surface area contributed by atoms with E-state index in [4.69, 9.17) is 4.74 Å². The van der Waals surface area contributed by atoms with Gasteiger partial charge in [0.15, 0.2) is 0 Å². The standard InChI is InChI=1S/C14H16O6/c1-3-4-9-19-14(17)20-13(16)11-8-6-5-7-10(11)12(15)18-2/h5-8H,3-4,9H2,1-2H3. The Morgan fingerprint density at radius 2 is 1.65 bits per heavy atom. The second kappa shape index (κ2) is 7.93. The molecule has 6 nitrogen and oxygen atoms in total. The molecule has 1 aromatic carbocycles. The summed E-state index contributed by atoms with van der Waals surface area (Å²) in [6, 6.07) is 5.90. The van der Waals surface area contributed by atoms with Gasteiger partial charge in [0.2, 0.25) is 0 Å². The molecule has 0 amide bonds. The molecule has 0 N–H and O–H groups in total. The minimum absolute atomic E-state index is 0.0290. The molecule has 0 unspecified atom stereocenters. The van der Waals surface area contributed by atoms with Gasteiger partial charge in [-0.1, -0.05) is 25.5 Å². The van der Waals surface area contributed by atoms with Crippen molar-refractivity contribution in [2.45, 2.75) is 19.8 Å². The van der Waals surface area contributed by atoms with Crippen LogP contribution >= 0.6 is 0 Å². The molecular weight excluding hydrogens is 264 g/mol. The van der Waals surface area contributed by atoms with E-state index in [0.29, 0.717) is 6.42 Å². The van der Waals surface area contributed by atoms with Crippen molar-refractivity contribution in [1.29, 1.82) is 0 Å². The summed E-state index contributed by atoms with van der Waals surface area (Å²) in [6.07, 6.45) is 0.456. The maximum atomic E-state index is 11.8. The van der Waals surface area contributed by atoms with Gasteiger partial charge in [0.25, 0.3) is 0 Å². The molecule has 0 fully saturated rings. The van der Waals surface area contributed by atoms with Crippen molar-refractivity contribution in [2.24, 2.45) is 0 Å². The van der Waals surface area contributed by atoms with Crippen LogP contribution < -0.4 is 0 Å². The van der Waals surface area contributed by atoms with Gasteiger partial charge in [-0.15, -0.1) is 0 Å². The molecule has 6 heteroatoms. The van der Waals surface area contributed by atoms with Crippen LogP contribution in [0.1, 0.15) is 40.5 Å². The van der Waals surface area contributed by atoms with Gasteiger partial charge in [0, 0.05) is 0 Å². The smallest absolute Gasteiger partial charge is 0.465 e. The van der Waals surface area contributed by atoms with Gasteiger partial charge >= 0.3 is 18.1 Å². The van der Waals surface area contributed by atoms with Gasteiger partial charge in [-0.3, -0.25) is 0 Å². The fraction of sp³-hybridized carbons (Fsp3) is 0.357. The number of unbranched alkanes of at least 4 members (excludes halogenated alkanes) is 1. The molecule has 0 saturated carbocycles. The Balaban J connectivity index is 2.73. The second-order valence-corrected chi connectivity index (χ2v) is 3.88. The molecule has 0 aromatic heterocycles. The average Bonchev–Trinajstić information content (AvgIpc) is 2.46. The highest BCUT2D eigenvalue weighted by atomic mass is 16.7. The van der Waals surface area contributed by atoms with E-state index in [1.807, 2.05) is 6.92 Å². The van der Waals surface area contributed by atoms with Crippen LogP contribution in [-0.2, 0) is 14.2 Å². The Kier molecular flexibility index (Phi) is 6.22. The summed E-state index contributed by atoms with van der Waals surface area (Å²) in [7, 11) is 1.20. The zero-order valence-electron chi connectivity index (χ0n) is 11.4. The lowest BCUT2D eigenvalue weighted by atomic mass is 10.1. The van der Waals surface area contributed by atoms with Gasteiger partial charge in [-0.05, 0) is 18.6 Å². The lowest BCUT2D eigenvalue weighted by Crippen LogP contribution is -2.17. The molecule has 0 aliphatic heterocycles. The second-order valence-electron chi connectivity index (χ2n) is 3.88. The Hall–Kier alpha value is -2.37. The van der Waals surface area contributed by atoms with Crippen molar-refractivity contribution in [3.05, 3.63) is 35.4 Å². The molecule has 0 heterocycles. The number of rotatable bonds is 5. The number of carbonyl (C=O) groups is 3. The van der Waals surface area contributed by atoms with Crippen molar-refractivity contribution in [1.82, 2.24) is 0 Å². The third kappa shape index (κ3) is 4.38. The van der Waals surface area contributed by atoms with E-state index < -0.39 is 18.1 Å². The van der Waals surface area contributed by atoms with Crippen molar-refractivity contribution < 1.29 is 28.6 Å². The van der Waals surface area contributed by atoms with Crippen LogP contribution in [0, 0.1) is 0 Å². The maximum absolute atomic E-state index is 11.8. The monoisotopic (exact) mass is 280 g/mol. The summed E-state index contributed by atoms with van der Waals surface area (Å²) in [5.74, 6) is -1.63. The molecule has 0 atom stereocenters. The lowest BCUT2D eigenvalue weighted by Gasteiger charge is -2.07. The van der Waals surface area contributed by atoms with E-state index in [1.54, 1.807) is 12.1 Å². The fourth-order valence-corrected chi connectivity index (χ4v) is 1.41. The molecule has 1 rings (SSSR count). The van der Waals surface area contributed by atoms with Crippen LogP contribution in [0.5, 0.6) is 0 Å². The number of esters is 2. The zero-order chi connectivity index (χ0) is 15.0. The molecule has 108 valence electrons. The van der Waals surface area contributed by atoms with Crippen LogP contribution in [0.3, 0.4) is 0 Å². The number of hydrogen-bond donors (Lipinski definition) is 0. The molecule has 0 aliphatic carbocycles. The van der Waals surface area contributed by atoms with Crippen molar-refractivity contribution in [3.63, 3.8) is 0 Å². The van der Waals surface area contributed by atoms with Crippen LogP contribution in [0.2, 0.25) is 0 Å². The van der Waals surface area contributed by atoms with Crippen molar-refractivity contribution >= 4 is 18.1 Å². The van der Waals surface area contributed by atoms with Gasteiger partial charge in [-0.25, -0.2) is 14.4 Å². The normalized spacial score (nSPS) is 9.70. The molecule has 0 aliphatic rings. The summed E-state index contributed by atoms with van der Waals surface area (Å²) in [5, 5.41) is 0. The number of carbonyl (C=O) groups excluding carboxylic acids is 3. The Morgan fingerprint density at radius 1 is 1.05 bits per heavy atom. The molecule has 0 radical (unpaired) electrons. The fourth-order valence-electron chi connectivity index (χ4n) is 1.41. The van der Waals surface area contributed by atoms with Gasteiger partial charge in [0.05, 0.1) is 24.8 Å². The molecule has 0 spiro atoms. The first-order valence-corrected chi connectivity index (χ1v) is 6.16. The van der Waals surface area contributed by atoms with Crippen LogP contribution in [0.25, 0.3) is 0 Å². The van der Waals surface area contributed by atoms with Crippen molar-refractivity contribution in [2.75, 3.05) is 13.7 Å². The Morgan fingerprint density at radius 3 is 2.20 bits per heavy atom. The number of methoxy groups -OCH3 is 1. The van der Waals surface area contributed by atoms with E-state index in [1.165, 1.54) is 19.2 Å². The highest BCUT2D eigenvalue weighted by Gasteiger charge is 2.21. The third-order valence-electron chi connectivity index (χ3n) is 2.45. The molecular formula is C14H16O6. The van der Waals surface area contributed by atoms with E-state index in [2.05, 4.69) is 9.47 Å². The molecule has 20 heavy (non-hydrogen) atoms. The van der Waals surface area contributed by atoms with Crippen LogP contribution in [0.4, 0.5) is 4.79 Å². The molecule has 1 aromatic rings. The summed E-state index contributed by atoms with van der Waals surface area (Å²) < 4.78 is 13.8. The van der Waals surface area contributed by atoms with Gasteiger partial charge < -0.3 is 14.2 Å². The molecule has 0 bridgehead atoms. The first-order valence-electron chi connectivity index (χ1n) is 6.16. The Bertz CT molecular complexity index is 494. The van der Waals surface area contributed by atoms with E-state index in [0.717, 1.165) is 6.42 Å². The summed E-state index contributed by atoms with van der Waals surface area (Å²) in [6.45, 7) is 2.12. The number of hydrogen-bond acceptors (Lipinski definition) is 6. The highest BCUT2D eigenvalue weighted by Crippen LogP contribution is 2.12.